The molecule has 0 aliphatic carbocycles. The molecule has 0 radical (unpaired) electrons. The molecule has 0 unspecified atom stereocenters. The van der Waals surface area contributed by atoms with Crippen LogP contribution in [0.15, 0.2) is 30.3 Å². The van der Waals surface area contributed by atoms with Gasteiger partial charge in [-0.3, -0.25) is 4.79 Å². The summed E-state index contributed by atoms with van der Waals surface area (Å²) in [5, 5.41) is 3.76. The Balaban J connectivity index is 1.81. The number of thiazole rings is 1. The van der Waals surface area contributed by atoms with Crippen molar-refractivity contribution in [2.75, 3.05) is 6.54 Å². The molecule has 0 aliphatic rings. The first-order valence-corrected chi connectivity index (χ1v) is 7.92. The third-order valence-corrected chi connectivity index (χ3v) is 4.02. The molecule has 3 nitrogen and oxygen atoms in total. The van der Waals surface area contributed by atoms with Gasteiger partial charge in [0.05, 0.1) is 10.2 Å². The molecule has 0 saturated carbocycles. The third-order valence-electron chi connectivity index (χ3n) is 3.02. The maximum Gasteiger partial charge on any atom is 0.244 e. The van der Waals surface area contributed by atoms with E-state index < -0.39 is 0 Å². The molecule has 0 atom stereocenters. The molecule has 1 aromatic carbocycles. The minimum absolute atomic E-state index is 0.0410. The van der Waals surface area contributed by atoms with Gasteiger partial charge in [0.15, 0.2) is 0 Å². The maximum absolute atomic E-state index is 11.6. The van der Waals surface area contributed by atoms with Crippen LogP contribution in [0.3, 0.4) is 0 Å². The highest BCUT2D eigenvalue weighted by molar-refractivity contribution is 7.19. The average molecular weight is 288 g/mol. The van der Waals surface area contributed by atoms with Gasteiger partial charge in [-0.1, -0.05) is 38.3 Å². The van der Waals surface area contributed by atoms with Crippen LogP contribution in [0.5, 0.6) is 0 Å². The number of carbonyl (C=O) groups excluding carboxylic acids is 1. The Bertz CT molecular complexity index is 556. The summed E-state index contributed by atoms with van der Waals surface area (Å²) >= 11 is 1.60. The molecule has 1 amide bonds. The summed E-state index contributed by atoms with van der Waals surface area (Å²) in [6.07, 6.45) is 8.03. The Morgan fingerprint density at radius 2 is 2.15 bits per heavy atom. The number of unbranched alkanes of at least 4 members (excludes halogenated alkanes) is 3. The van der Waals surface area contributed by atoms with Crippen molar-refractivity contribution >= 4 is 33.5 Å². The predicted octanol–water partition coefficient (Wildman–Crippen LogP) is 4.01. The molecule has 106 valence electrons. The van der Waals surface area contributed by atoms with Gasteiger partial charge in [-0.2, -0.15) is 0 Å². The van der Waals surface area contributed by atoms with Crippen LogP contribution in [0, 0.1) is 0 Å². The summed E-state index contributed by atoms with van der Waals surface area (Å²) in [7, 11) is 0. The minimum atomic E-state index is -0.0410. The number of para-hydroxylation sites is 1. The number of benzene rings is 1. The van der Waals surface area contributed by atoms with E-state index in [0.717, 1.165) is 28.2 Å². The topological polar surface area (TPSA) is 42.0 Å². The molecule has 2 aromatic rings. The van der Waals surface area contributed by atoms with Gasteiger partial charge >= 0.3 is 0 Å². The van der Waals surface area contributed by atoms with Crippen LogP contribution in [0.25, 0.3) is 16.3 Å². The molecule has 1 N–H and O–H groups in total. The molecular formula is C16H20N2OS. The highest BCUT2D eigenvalue weighted by Crippen LogP contribution is 2.22. The molecule has 0 bridgehead atoms. The van der Waals surface area contributed by atoms with Crippen molar-refractivity contribution in [3.63, 3.8) is 0 Å². The molecule has 20 heavy (non-hydrogen) atoms. The maximum atomic E-state index is 11.6. The molecule has 4 heteroatoms. The lowest BCUT2D eigenvalue weighted by atomic mass is 10.2. The number of nitrogens with zero attached hydrogens (tertiary/aromatic N) is 1. The fraction of sp³-hybridized carbons (Fsp3) is 0.375. The lowest BCUT2D eigenvalue weighted by molar-refractivity contribution is -0.116. The second-order valence-corrected chi connectivity index (χ2v) is 5.77. The first-order chi connectivity index (χ1) is 9.79. The van der Waals surface area contributed by atoms with Crippen LogP contribution in [0.2, 0.25) is 0 Å². The first-order valence-electron chi connectivity index (χ1n) is 7.11. The van der Waals surface area contributed by atoms with Crippen molar-refractivity contribution in [2.24, 2.45) is 0 Å². The largest absolute Gasteiger partial charge is 0.353 e. The van der Waals surface area contributed by atoms with Crippen LogP contribution in [-0.4, -0.2) is 17.4 Å². The zero-order valence-electron chi connectivity index (χ0n) is 11.8. The van der Waals surface area contributed by atoms with E-state index in [2.05, 4.69) is 17.2 Å². The van der Waals surface area contributed by atoms with E-state index in [0.29, 0.717) is 0 Å². The monoisotopic (exact) mass is 288 g/mol. The number of fused-ring (bicyclic) bond motifs is 1. The van der Waals surface area contributed by atoms with Crippen LogP contribution in [0.4, 0.5) is 0 Å². The van der Waals surface area contributed by atoms with E-state index in [4.69, 9.17) is 0 Å². The van der Waals surface area contributed by atoms with Crippen LogP contribution >= 0.6 is 11.3 Å². The second kappa shape index (κ2) is 7.80. The van der Waals surface area contributed by atoms with Gasteiger partial charge in [0, 0.05) is 12.6 Å². The van der Waals surface area contributed by atoms with Crippen molar-refractivity contribution in [3.05, 3.63) is 35.3 Å². The molecule has 1 aromatic heterocycles. The quantitative estimate of drug-likeness (QED) is 0.618. The zero-order chi connectivity index (χ0) is 14.2. The van der Waals surface area contributed by atoms with Gasteiger partial charge in [-0.15, -0.1) is 11.3 Å². The van der Waals surface area contributed by atoms with Gasteiger partial charge in [-0.05, 0) is 24.6 Å². The molecule has 0 aliphatic heterocycles. The SMILES string of the molecule is CCCCCCNC(=O)C=Cc1nc2ccccc2s1. The number of rotatable bonds is 7. The van der Waals surface area contributed by atoms with Crippen molar-refractivity contribution in [3.8, 4) is 0 Å². The van der Waals surface area contributed by atoms with Crippen molar-refractivity contribution < 1.29 is 4.79 Å². The molecule has 0 fully saturated rings. The predicted molar refractivity (Wildman–Crippen MR) is 85.8 cm³/mol. The van der Waals surface area contributed by atoms with Crippen molar-refractivity contribution in [2.45, 2.75) is 32.6 Å². The average Bonchev–Trinajstić information content (AvgIpc) is 2.88. The summed E-state index contributed by atoms with van der Waals surface area (Å²) in [5.74, 6) is -0.0410. The van der Waals surface area contributed by atoms with Crippen LogP contribution < -0.4 is 5.32 Å². The summed E-state index contributed by atoms with van der Waals surface area (Å²) < 4.78 is 1.15. The molecular weight excluding hydrogens is 268 g/mol. The van der Waals surface area contributed by atoms with Crippen molar-refractivity contribution in [1.29, 1.82) is 0 Å². The van der Waals surface area contributed by atoms with E-state index >= 15 is 0 Å². The lowest BCUT2D eigenvalue weighted by Gasteiger charge is -2.00. The van der Waals surface area contributed by atoms with E-state index in [9.17, 15) is 4.79 Å². The number of aromatic nitrogens is 1. The first kappa shape index (κ1) is 14.7. The van der Waals surface area contributed by atoms with Crippen LogP contribution in [-0.2, 0) is 4.79 Å². The van der Waals surface area contributed by atoms with Gasteiger partial charge in [0.2, 0.25) is 5.91 Å². The van der Waals surface area contributed by atoms with Gasteiger partial charge in [0.1, 0.15) is 5.01 Å². The normalized spacial score (nSPS) is 11.2. The second-order valence-electron chi connectivity index (χ2n) is 4.70. The summed E-state index contributed by atoms with van der Waals surface area (Å²) in [5.41, 5.74) is 0.983. The van der Waals surface area contributed by atoms with E-state index in [1.165, 1.54) is 19.3 Å². The lowest BCUT2D eigenvalue weighted by Crippen LogP contribution is -2.21. The summed E-state index contributed by atoms with van der Waals surface area (Å²) in [6, 6.07) is 7.99. The van der Waals surface area contributed by atoms with Crippen LogP contribution in [0.1, 0.15) is 37.6 Å². The van der Waals surface area contributed by atoms with E-state index in [1.807, 2.05) is 24.3 Å². The number of hydrogen-bond acceptors (Lipinski definition) is 3. The number of nitrogens with one attached hydrogen (secondary N) is 1. The highest BCUT2D eigenvalue weighted by atomic mass is 32.1. The fourth-order valence-corrected chi connectivity index (χ4v) is 2.80. The number of carbonyl (C=O) groups is 1. The number of hydrogen-bond donors (Lipinski definition) is 1. The molecule has 2 rings (SSSR count). The summed E-state index contributed by atoms with van der Waals surface area (Å²) in [4.78, 5) is 16.1. The standard InChI is InChI=1S/C16H20N2OS/c1-2-3-4-7-12-17-15(19)10-11-16-18-13-8-5-6-9-14(13)20-16/h5-6,8-11H,2-4,7,12H2,1H3,(H,17,19). The Morgan fingerprint density at radius 3 is 2.95 bits per heavy atom. The zero-order valence-corrected chi connectivity index (χ0v) is 12.6. The van der Waals surface area contributed by atoms with Crippen molar-refractivity contribution in [1.82, 2.24) is 10.3 Å². The number of amides is 1. The minimum Gasteiger partial charge on any atom is -0.353 e. The Labute approximate surface area is 123 Å². The Kier molecular flexibility index (Phi) is 5.74. The van der Waals surface area contributed by atoms with E-state index in [1.54, 1.807) is 23.5 Å². The fourth-order valence-electron chi connectivity index (χ4n) is 1.93. The van der Waals surface area contributed by atoms with Gasteiger partial charge in [-0.25, -0.2) is 4.98 Å². The van der Waals surface area contributed by atoms with E-state index in [-0.39, 0.29) is 5.91 Å². The van der Waals surface area contributed by atoms with Gasteiger partial charge < -0.3 is 5.32 Å². The molecule has 0 saturated heterocycles. The summed E-state index contributed by atoms with van der Waals surface area (Å²) in [6.45, 7) is 2.93. The Hall–Kier alpha value is -1.68. The Morgan fingerprint density at radius 1 is 1.30 bits per heavy atom. The molecule has 0 spiro atoms. The third kappa shape index (κ3) is 4.46. The van der Waals surface area contributed by atoms with Gasteiger partial charge in [0.25, 0.3) is 0 Å². The highest BCUT2D eigenvalue weighted by Gasteiger charge is 2.00. The smallest absolute Gasteiger partial charge is 0.244 e. The molecule has 1 heterocycles.